The van der Waals surface area contributed by atoms with Gasteiger partial charge in [0.1, 0.15) is 17.2 Å². The molecule has 1 radical (unpaired) electrons. The van der Waals surface area contributed by atoms with Crippen LogP contribution in [0.15, 0.2) is 41.2 Å². The number of H-pyrrole nitrogens is 1. The number of hydrogen-bond acceptors (Lipinski definition) is 4. The van der Waals surface area contributed by atoms with Gasteiger partial charge in [-0.05, 0) is 24.3 Å². The van der Waals surface area contributed by atoms with E-state index in [0.29, 0.717) is 16.8 Å². The minimum Gasteiger partial charge on any atom is -0.508 e. The molecule has 0 saturated carbocycles. The fraction of sp³-hybridized carbons (Fsp3) is 0. The Morgan fingerprint density at radius 2 is 1.80 bits per heavy atom. The highest BCUT2D eigenvalue weighted by Crippen LogP contribution is 2.28. The van der Waals surface area contributed by atoms with Gasteiger partial charge < -0.3 is 20.3 Å². The maximum absolute atomic E-state index is 12.0. The summed E-state index contributed by atoms with van der Waals surface area (Å²) in [6, 6.07) is 11.1. The van der Waals surface area contributed by atoms with Crippen molar-refractivity contribution < 1.29 is 15.3 Å². The lowest BCUT2D eigenvalue weighted by Gasteiger charge is -2.06. The summed E-state index contributed by atoms with van der Waals surface area (Å²) in [4.78, 5) is 15.0. The average molecular weight is 268 g/mol. The Bertz CT molecular complexity index is 850. The van der Waals surface area contributed by atoms with Gasteiger partial charge in [0.2, 0.25) is 0 Å². The van der Waals surface area contributed by atoms with Gasteiger partial charge in [0.15, 0.2) is 5.43 Å². The first-order valence-corrected chi connectivity index (χ1v) is 5.85. The zero-order valence-electron chi connectivity index (χ0n) is 10.2. The third-order valence-corrected chi connectivity index (χ3v) is 2.98. The van der Waals surface area contributed by atoms with Gasteiger partial charge >= 0.3 is 0 Å². The second-order valence-electron chi connectivity index (χ2n) is 4.40. The molecule has 0 atom stereocenters. The fourth-order valence-corrected chi connectivity index (χ4v) is 2.08. The average Bonchev–Trinajstić information content (AvgIpc) is 2.38. The number of aromatic amines is 1. The van der Waals surface area contributed by atoms with Crippen molar-refractivity contribution in [2.24, 2.45) is 0 Å². The normalized spacial score (nSPS) is 10.8. The molecule has 0 aliphatic rings. The highest BCUT2D eigenvalue weighted by Gasteiger charge is 2.09. The van der Waals surface area contributed by atoms with Crippen LogP contribution < -0.4 is 5.43 Å². The second kappa shape index (κ2) is 4.31. The first-order valence-electron chi connectivity index (χ1n) is 5.85. The number of phenolic OH excluding ortho intramolecular Hbond substituents is 3. The number of fused-ring (bicyclic) bond motifs is 1. The van der Waals surface area contributed by atoms with Crippen molar-refractivity contribution in [3.8, 4) is 28.5 Å². The van der Waals surface area contributed by atoms with E-state index in [1.54, 1.807) is 6.07 Å². The molecule has 3 rings (SSSR count). The van der Waals surface area contributed by atoms with Crippen LogP contribution >= 0.6 is 0 Å². The van der Waals surface area contributed by atoms with Gasteiger partial charge in [0.25, 0.3) is 0 Å². The van der Waals surface area contributed by atoms with E-state index in [1.165, 1.54) is 24.3 Å². The number of phenols is 3. The van der Waals surface area contributed by atoms with Gasteiger partial charge in [-0.15, -0.1) is 0 Å². The van der Waals surface area contributed by atoms with Crippen LogP contribution in [0.25, 0.3) is 22.2 Å². The Kier molecular flexibility index (Phi) is 2.61. The van der Waals surface area contributed by atoms with Crippen LogP contribution in [0.4, 0.5) is 0 Å². The molecule has 0 aliphatic carbocycles. The summed E-state index contributed by atoms with van der Waals surface area (Å²) in [7, 11) is 0. The van der Waals surface area contributed by atoms with Gasteiger partial charge in [-0.1, -0.05) is 0 Å². The minimum absolute atomic E-state index is 0.0761. The molecule has 20 heavy (non-hydrogen) atoms. The lowest BCUT2D eigenvalue weighted by Crippen LogP contribution is -2.03. The molecule has 5 heteroatoms. The highest BCUT2D eigenvalue weighted by atomic mass is 16.3. The van der Waals surface area contributed by atoms with E-state index in [4.69, 9.17) is 0 Å². The van der Waals surface area contributed by atoms with E-state index in [2.05, 4.69) is 11.1 Å². The van der Waals surface area contributed by atoms with Gasteiger partial charge in [-0.2, -0.15) is 0 Å². The molecule has 1 aromatic heterocycles. The number of benzene rings is 2. The molecular weight excluding hydrogens is 258 g/mol. The maximum Gasteiger partial charge on any atom is 0.193 e. The Labute approximate surface area is 113 Å². The first kappa shape index (κ1) is 12.1. The quantitative estimate of drug-likeness (QED) is 0.543. The lowest BCUT2D eigenvalue weighted by atomic mass is 10.1. The van der Waals surface area contributed by atoms with E-state index >= 15 is 0 Å². The summed E-state index contributed by atoms with van der Waals surface area (Å²) in [5, 5.41) is 28.5. The van der Waals surface area contributed by atoms with Crippen molar-refractivity contribution >= 4 is 10.9 Å². The molecule has 0 unspecified atom stereocenters. The van der Waals surface area contributed by atoms with Gasteiger partial charge in [0, 0.05) is 23.8 Å². The van der Waals surface area contributed by atoms with E-state index in [0.717, 1.165) is 6.07 Å². The van der Waals surface area contributed by atoms with Crippen LogP contribution in [0.1, 0.15) is 0 Å². The molecule has 0 fully saturated rings. The topological polar surface area (TPSA) is 93.5 Å². The van der Waals surface area contributed by atoms with Crippen LogP contribution in [0.2, 0.25) is 0 Å². The summed E-state index contributed by atoms with van der Waals surface area (Å²) < 4.78 is 0. The van der Waals surface area contributed by atoms with E-state index in [1.807, 2.05) is 0 Å². The number of pyridine rings is 1. The van der Waals surface area contributed by atoms with Crippen molar-refractivity contribution in [2.75, 3.05) is 0 Å². The van der Waals surface area contributed by atoms with Crippen molar-refractivity contribution in [3.63, 3.8) is 0 Å². The Hall–Kier alpha value is -2.95. The third-order valence-electron chi connectivity index (χ3n) is 2.98. The molecular formula is C15H10NO4. The lowest BCUT2D eigenvalue weighted by molar-refractivity contribution is 0.455. The van der Waals surface area contributed by atoms with Crippen LogP contribution in [0.3, 0.4) is 0 Å². The Morgan fingerprint density at radius 3 is 2.50 bits per heavy atom. The zero-order chi connectivity index (χ0) is 14.3. The van der Waals surface area contributed by atoms with Gasteiger partial charge in [-0.25, -0.2) is 0 Å². The molecule has 1 heterocycles. The van der Waals surface area contributed by atoms with E-state index in [-0.39, 0.29) is 28.1 Å². The number of aromatic hydroxyl groups is 3. The molecule has 2 aromatic carbocycles. The van der Waals surface area contributed by atoms with E-state index in [9.17, 15) is 20.1 Å². The summed E-state index contributed by atoms with van der Waals surface area (Å²) >= 11 is 0. The van der Waals surface area contributed by atoms with Crippen LogP contribution in [0.5, 0.6) is 17.2 Å². The smallest absolute Gasteiger partial charge is 0.193 e. The highest BCUT2D eigenvalue weighted by molar-refractivity contribution is 5.88. The zero-order valence-corrected chi connectivity index (χ0v) is 10.2. The summed E-state index contributed by atoms with van der Waals surface area (Å²) in [6.07, 6.45) is 0. The predicted molar refractivity (Wildman–Crippen MR) is 73.8 cm³/mol. The predicted octanol–water partition coefficient (Wildman–Crippen LogP) is 2.11. The third kappa shape index (κ3) is 1.95. The van der Waals surface area contributed by atoms with E-state index < -0.39 is 0 Å². The number of hydrogen-bond donors (Lipinski definition) is 4. The summed E-state index contributed by atoms with van der Waals surface area (Å²) in [6.45, 7) is 0. The van der Waals surface area contributed by atoms with Crippen LogP contribution in [-0.2, 0) is 0 Å². The van der Waals surface area contributed by atoms with Crippen molar-refractivity contribution in [2.45, 2.75) is 0 Å². The SMILES string of the molecule is O=c1cc(-c2[c]cc(O)cc2)[nH]c2cc(O)cc(O)c12. The molecule has 0 spiro atoms. The summed E-state index contributed by atoms with van der Waals surface area (Å²) in [5.74, 6) is -0.341. The molecule has 0 bridgehead atoms. The van der Waals surface area contributed by atoms with Crippen LogP contribution in [0, 0.1) is 6.07 Å². The minimum atomic E-state index is -0.368. The molecule has 0 saturated heterocycles. The number of nitrogens with one attached hydrogen (secondary N) is 1. The fourth-order valence-electron chi connectivity index (χ4n) is 2.08. The largest absolute Gasteiger partial charge is 0.508 e. The maximum atomic E-state index is 12.0. The van der Waals surface area contributed by atoms with Gasteiger partial charge in [-0.3, -0.25) is 4.79 Å². The number of rotatable bonds is 1. The first-order chi connectivity index (χ1) is 9.54. The van der Waals surface area contributed by atoms with Crippen molar-refractivity contribution in [1.82, 2.24) is 4.98 Å². The summed E-state index contributed by atoms with van der Waals surface area (Å²) in [5.41, 5.74) is 1.02. The molecule has 4 N–H and O–H groups in total. The molecule has 0 amide bonds. The molecule has 0 aliphatic heterocycles. The molecule has 99 valence electrons. The molecule has 5 nitrogen and oxygen atoms in total. The van der Waals surface area contributed by atoms with Crippen LogP contribution in [-0.4, -0.2) is 20.3 Å². The van der Waals surface area contributed by atoms with Crippen molar-refractivity contribution in [3.05, 3.63) is 52.7 Å². The Morgan fingerprint density at radius 1 is 1.00 bits per heavy atom. The monoisotopic (exact) mass is 268 g/mol. The number of aromatic nitrogens is 1. The van der Waals surface area contributed by atoms with Crippen molar-refractivity contribution in [1.29, 1.82) is 0 Å². The van der Waals surface area contributed by atoms with Gasteiger partial charge in [0.05, 0.1) is 16.6 Å². The second-order valence-corrected chi connectivity index (χ2v) is 4.40. The standard InChI is InChI=1S/C15H10NO4/c17-9-3-1-8(2-4-9)11-7-14(20)15-12(16-11)5-10(18)6-13(15)19/h1,3-7,17-19H,(H,16,20). The molecule has 3 aromatic rings. The Balaban J connectivity index is 2.29.